The van der Waals surface area contributed by atoms with E-state index >= 15 is 0 Å². The number of aliphatic hydroxyl groups is 1. The van der Waals surface area contributed by atoms with Gasteiger partial charge in [0, 0.05) is 17.4 Å². The van der Waals surface area contributed by atoms with E-state index in [-0.39, 0.29) is 11.5 Å². The molecule has 0 amide bonds. The summed E-state index contributed by atoms with van der Waals surface area (Å²) in [6.07, 6.45) is 1.76. The Balaban J connectivity index is 2.11. The molecule has 1 aliphatic rings. The molecule has 0 radical (unpaired) electrons. The number of benzene rings is 1. The van der Waals surface area contributed by atoms with Crippen LogP contribution in [0.3, 0.4) is 0 Å². The second-order valence-corrected chi connectivity index (χ2v) is 7.51. The van der Waals surface area contributed by atoms with Gasteiger partial charge in [0.25, 0.3) is 0 Å². The first-order valence-electron chi connectivity index (χ1n) is 8.06. The van der Waals surface area contributed by atoms with Crippen molar-refractivity contribution in [2.24, 2.45) is 5.92 Å². The van der Waals surface area contributed by atoms with Crippen molar-refractivity contribution in [1.29, 1.82) is 0 Å². The van der Waals surface area contributed by atoms with E-state index in [0.717, 1.165) is 24.2 Å². The third-order valence-corrected chi connectivity index (χ3v) is 4.83. The van der Waals surface area contributed by atoms with Gasteiger partial charge in [-0.3, -0.25) is 0 Å². The molecule has 1 saturated carbocycles. The van der Waals surface area contributed by atoms with Crippen molar-refractivity contribution in [1.82, 2.24) is 0 Å². The largest absolute Gasteiger partial charge is 0.461 e. The average molecular weight is 286 g/mol. The molecular weight excluding hydrogens is 260 g/mol. The highest BCUT2D eigenvalue weighted by atomic mass is 16.3. The summed E-state index contributed by atoms with van der Waals surface area (Å²) in [6, 6.07) is 6.55. The van der Waals surface area contributed by atoms with Crippen molar-refractivity contribution in [2.45, 2.75) is 64.9 Å². The molecule has 1 aromatic carbocycles. The minimum Gasteiger partial charge on any atom is -0.461 e. The van der Waals surface area contributed by atoms with Crippen molar-refractivity contribution >= 4 is 11.0 Å². The van der Waals surface area contributed by atoms with Gasteiger partial charge in [-0.25, -0.2) is 0 Å². The average Bonchev–Trinajstić information content (AvgIpc) is 3.01. The molecule has 2 heteroatoms. The Kier molecular flexibility index (Phi) is 3.40. The standard InChI is InChI=1S/C19H26O2/c1-6-16-18(19(3,4)5)14-9-12(7-8-17(14)21-16)11(2)13-10-15(13)20/h7-9,11,13,15,20H,6,10H2,1-5H3/t11?,13?,15-/m0/s1. The third-order valence-electron chi connectivity index (χ3n) is 4.83. The summed E-state index contributed by atoms with van der Waals surface area (Å²) in [6.45, 7) is 11.1. The molecule has 0 saturated heterocycles. The molecule has 1 aromatic heterocycles. The van der Waals surface area contributed by atoms with Gasteiger partial charge < -0.3 is 9.52 Å². The topological polar surface area (TPSA) is 33.4 Å². The smallest absolute Gasteiger partial charge is 0.134 e. The minimum absolute atomic E-state index is 0.0809. The lowest BCUT2D eigenvalue weighted by Crippen LogP contribution is -2.12. The fraction of sp³-hybridized carbons (Fsp3) is 0.579. The maximum Gasteiger partial charge on any atom is 0.134 e. The molecule has 3 rings (SSSR count). The predicted octanol–water partition coefficient (Wildman–Crippen LogP) is 4.78. The Morgan fingerprint density at radius 1 is 1.33 bits per heavy atom. The van der Waals surface area contributed by atoms with Crippen LogP contribution in [0.1, 0.15) is 63.8 Å². The molecule has 2 nitrogen and oxygen atoms in total. The van der Waals surface area contributed by atoms with Gasteiger partial charge in [-0.05, 0) is 41.4 Å². The van der Waals surface area contributed by atoms with Gasteiger partial charge in [0.15, 0.2) is 0 Å². The summed E-state index contributed by atoms with van der Waals surface area (Å²) in [5, 5.41) is 10.9. The summed E-state index contributed by atoms with van der Waals surface area (Å²) in [5.74, 6) is 1.95. The predicted molar refractivity (Wildman–Crippen MR) is 86.8 cm³/mol. The van der Waals surface area contributed by atoms with Crippen LogP contribution in [0.5, 0.6) is 0 Å². The fourth-order valence-electron chi connectivity index (χ4n) is 3.51. The maximum atomic E-state index is 9.68. The van der Waals surface area contributed by atoms with Gasteiger partial charge in [0.05, 0.1) is 6.10 Å². The molecule has 1 N–H and O–H groups in total. The van der Waals surface area contributed by atoms with E-state index in [1.54, 1.807) is 0 Å². The van der Waals surface area contributed by atoms with E-state index in [1.165, 1.54) is 16.5 Å². The van der Waals surface area contributed by atoms with E-state index in [9.17, 15) is 5.11 Å². The zero-order valence-corrected chi connectivity index (χ0v) is 13.7. The van der Waals surface area contributed by atoms with Crippen LogP contribution in [0.4, 0.5) is 0 Å². The van der Waals surface area contributed by atoms with Gasteiger partial charge >= 0.3 is 0 Å². The number of furan rings is 1. The lowest BCUT2D eigenvalue weighted by Gasteiger charge is -2.19. The van der Waals surface area contributed by atoms with Crippen molar-refractivity contribution in [3.05, 3.63) is 35.1 Å². The van der Waals surface area contributed by atoms with Crippen LogP contribution in [0.2, 0.25) is 0 Å². The molecule has 21 heavy (non-hydrogen) atoms. The first-order chi connectivity index (χ1) is 9.82. The maximum absolute atomic E-state index is 9.68. The zero-order valence-electron chi connectivity index (χ0n) is 13.7. The fourth-order valence-corrected chi connectivity index (χ4v) is 3.51. The molecule has 1 fully saturated rings. The number of fused-ring (bicyclic) bond motifs is 1. The van der Waals surface area contributed by atoms with Crippen LogP contribution in [0, 0.1) is 5.92 Å². The first-order valence-corrected chi connectivity index (χ1v) is 8.06. The number of hydrogen-bond acceptors (Lipinski definition) is 2. The monoisotopic (exact) mass is 286 g/mol. The molecule has 0 aliphatic heterocycles. The number of hydrogen-bond donors (Lipinski definition) is 1. The normalized spacial score (nSPS) is 23.5. The van der Waals surface area contributed by atoms with E-state index < -0.39 is 0 Å². The van der Waals surface area contributed by atoms with Crippen molar-refractivity contribution in [2.75, 3.05) is 0 Å². The summed E-state index contributed by atoms with van der Waals surface area (Å²) >= 11 is 0. The van der Waals surface area contributed by atoms with Crippen LogP contribution in [-0.2, 0) is 11.8 Å². The van der Waals surface area contributed by atoms with Gasteiger partial charge in [-0.1, -0.05) is 40.7 Å². The highest BCUT2D eigenvalue weighted by molar-refractivity contribution is 5.84. The second-order valence-electron chi connectivity index (χ2n) is 7.51. The quantitative estimate of drug-likeness (QED) is 0.881. The van der Waals surface area contributed by atoms with Crippen LogP contribution in [0.25, 0.3) is 11.0 Å². The Morgan fingerprint density at radius 2 is 2.00 bits per heavy atom. The summed E-state index contributed by atoms with van der Waals surface area (Å²) < 4.78 is 6.06. The van der Waals surface area contributed by atoms with Crippen LogP contribution in [-0.4, -0.2) is 11.2 Å². The van der Waals surface area contributed by atoms with Crippen molar-refractivity contribution in [3.63, 3.8) is 0 Å². The Labute approximate surface area is 127 Å². The van der Waals surface area contributed by atoms with Gasteiger partial charge in [-0.2, -0.15) is 0 Å². The van der Waals surface area contributed by atoms with E-state index in [1.807, 2.05) is 0 Å². The molecule has 0 spiro atoms. The molecule has 2 aromatic rings. The van der Waals surface area contributed by atoms with Gasteiger partial charge in [0.1, 0.15) is 11.3 Å². The summed E-state index contributed by atoms with van der Waals surface area (Å²) in [4.78, 5) is 0. The van der Waals surface area contributed by atoms with Gasteiger partial charge in [-0.15, -0.1) is 0 Å². The van der Waals surface area contributed by atoms with Crippen molar-refractivity contribution < 1.29 is 9.52 Å². The van der Waals surface area contributed by atoms with Crippen molar-refractivity contribution in [3.8, 4) is 0 Å². The highest BCUT2D eigenvalue weighted by Gasteiger charge is 2.40. The summed E-state index contributed by atoms with van der Waals surface area (Å²) in [5.41, 5.74) is 3.73. The molecule has 0 bridgehead atoms. The Hall–Kier alpha value is -1.28. The van der Waals surface area contributed by atoms with Crippen LogP contribution in [0.15, 0.2) is 22.6 Å². The van der Waals surface area contributed by atoms with E-state index in [4.69, 9.17) is 4.42 Å². The second kappa shape index (κ2) is 4.88. The first kappa shape index (κ1) is 14.6. The lowest BCUT2D eigenvalue weighted by molar-refractivity contribution is 0.253. The molecule has 1 aliphatic carbocycles. The Bertz CT molecular complexity index is 660. The molecular formula is C19H26O2. The molecule has 2 unspecified atom stereocenters. The summed E-state index contributed by atoms with van der Waals surface area (Å²) in [7, 11) is 0. The number of rotatable bonds is 3. The molecule has 3 atom stereocenters. The Morgan fingerprint density at radius 3 is 2.52 bits per heavy atom. The van der Waals surface area contributed by atoms with Crippen LogP contribution < -0.4 is 0 Å². The third kappa shape index (κ3) is 2.50. The van der Waals surface area contributed by atoms with Crippen LogP contribution >= 0.6 is 0 Å². The SMILES string of the molecule is CCc1oc2ccc(C(C)C3C[C@@H]3O)cc2c1C(C)(C)C. The lowest BCUT2D eigenvalue weighted by atomic mass is 9.83. The number of aryl methyl sites for hydroxylation is 1. The van der Waals surface area contributed by atoms with Gasteiger partial charge in [0.2, 0.25) is 0 Å². The molecule has 114 valence electrons. The van der Waals surface area contributed by atoms with E-state index in [2.05, 4.69) is 52.8 Å². The van der Waals surface area contributed by atoms with E-state index in [0.29, 0.717) is 11.8 Å². The number of aliphatic hydroxyl groups excluding tert-OH is 1. The molecule has 1 heterocycles. The zero-order chi connectivity index (χ0) is 15.4. The highest BCUT2D eigenvalue weighted by Crippen LogP contribution is 2.44. The minimum atomic E-state index is -0.103.